The SMILES string of the molecule is C[C@@H](OC(=O)[C@H]1CC=CCC1)C(=O)Nc1ccc(S(=O)(=O)N2CCOCC2)cc1. The fourth-order valence-corrected chi connectivity index (χ4v) is 4.63. The Kier molecular flexibility index (Phi) is 7.05. The number of allylic oxidation sites excluding steroid dienone is 2. The quantitative estimate of drug-likeness (QED) is 0.555. The minimum absolute atomic E-state index is 0.155. The Morgan fingerprint density at radius 3 is 2.48 bits per heavy atom. The number of carbonyl (C=O) groups is 2. The van der Waals surface area contributed by atoms with Crippen LogP contribution in [0.2, 0.25) is 0 Å². The molecule has 0 aromatic heterocycles. The zero-order valence-electron chi connectivity index (χ0n) is 16.4. The molecule has 1 amide bonds. The lowest BCUT2D eigenvalue weighted by atomic mass is 9.95. The number of hydrogen-bond acceptors (Lipinski definition) is 6. The maximum absolute atomic E-state index is 12.6. The highest BCUT2D eigenvalue weighted by atomic mass is 32.2. The van der Waals surface area contributed by atoms with Gasteiger partial charge < -0.3 is 14.8 Å². The highest BCUT2D eigenvalue weighted by Gasteiger charge is 2.27. The van der Waals surface area contributed by atoms with Gasteiger partial charge in [0.1, 0.15) is 0 Å². The predicted molar refractivity (Wildman–Crippen MR) is 107 cm³/mol. The number of nitrogens with one attached hydrogen (secondary N) is 1. The molecule has 8 nitrogen and oxygen atoms in total. The van der Waals surface area contributed by atoms with Crippen LogP contribution in [0.5, 0.6) is 0 Å². The van der Waals surface area contributed by atoms with E-state index in [-0.39, 0.29) is 16.8 Å². The van der Waals surface area contributed by atoms with Crippen molar-refractivity contribution in [2.24, 2.45) is 5.92 Å². The second-order valence-electron chi connectivity index (χ2n) is 7.09. The van der Waals surface area contributed by atoms with Crippen molar-refractivity contribution in [2.45, 2.75) is 37.2 Å². The average molecular weight is 423 g/mol. The van der Waals surface area contributed by atoms with E-state index in [9.17, 15) is 18.0 Å². The van der Waals surface area contributed by atoms with Gasteiger partial charge in [0, 0.05) is 18.8 Å². The minimum atomic E-state index is -3.59. The lowest BCUT2D eigenvalue weighted by Gasteiger charge is -2.26. The van der Waals surface area contributed by atoms with Crippen LogP contribution < -0.4 is 5.32 Å². The van der Waals surface area contributed by atoms with Gasteiger partial charge in [0.15, 0.2) is 6.10 Å². The number of rotatable bonds is 6. The molecule has 0 saturated carbocycles. The lowest BCUT2D eigenvalue weighted by Crippen LogP contribution is -2.40. The molecule has 0 radical (unpaired) electrons. The molecule has 0 spiro atoms. The first-order valence-electron chi connectivity index (χ1n) is 9.72. The van der Waals surface area contributed by atoms with Gasteiger partial charge in [-0.2, -0.15) is 4.31 Å². The summed E-state index contributed by atoms with van der Waals surface area (Å²) in [6, 6.07) is 5.94. The molecule has 29 heavy (non-hydrogen) atoms. The second kappa shape index (κ2) is 9.51. The summed E-state index contributed by atoms with van der Waals surface area (Å²) in [5.41, 5.74) is 0.430. The van der Waals surface area contributed by atoms with Crippen molar-refractivity contribution in [3.8, 4) is 0 Å². The fraction of sp³-hybridized carbons (Fsp3) is 0.500. The summed E-state index contributed by atoms with van der Waals surface area (Å²) < 4.78 is 37.1. The van der Waals surface area contributed by atoms with E-state index in [0.717, 1.165) is 12.8 Å². The van der Waals surface area contributed by atoms with E-state index in [4.69, 9.17) is 9.47 Å². The molecular weight excluding hydrogens is 396 g/mol. The number of ether oxygens (including phenoxy) is 2. The van der Waals surface area contributed by atoms with E-state index in [0.29, 0.717) is 38.4 Å². The zero-order valence-corrected chi connectivity index (χ0v) is 17.2. The third kappa shape index (κ3) is 5.43. The molecular formula is C20H26N2O6S. The standard InChI is InChI=1S/C20H26N2O6S/c1-15(28-20(24)16-5-3-2-4-6-16)19(23)21-17-7-9-18(10-8-17)29(25,26)22-11-13-27-14-12-22/h2-3,7-10,15-16H,4-6,11-14H2,1H3,(H,21,23)/t15-,16+/m1/s1. The van der Waals surface area contributed by atoms with E-state index >= 15 is 0 Å². The van der Waals surface area contributed by atoms with Crippen LogP contribution in [0.25, 0.3) is 0 Å². The van der Waals surface area contributed by atoms with Crippen LogP contribution in [0.3, 0.4) is 0 Å². The number of benzene rings is 1. The molecule has 158 valence electrons. The van der Waals surface area contributed by atoms with Crippen LogP contribution in [-0.4, -0.2) is 57.0 Å². The highest BCUT2D eigenvalue weighted by molar-refractivity contribution is 7.89. The molecule has 1 aromatic rings. The van der Waals surface area contributed by atoms with Gasteiger partial charge in [-0.1, -0.05) is 12.2 Å². The van der Waals surface area contributed by atoms with Crippen LogP contribution in [-0.2, 0) is 29.1 Å². The number of morpholine rings is 1. The fourth-order valence-electron chi connectivity index (χ4n) is 3.22. The number of nitrogens with zero attached hydrogens (tertiary/aromatic N) is 1. The second-order valence-corrected chi connectivity index (χ2v) is 9.03. The van der Waals surface area contributed by atoms with Crippen molar-refractivity contribution in [2.75, 3.05) is 31.6 Å². The van der Waals surface area contributed by atoms with Crippen molar-refractivity contribution >= 4 is 27.6 Å². The summed E-state index contributed by atoms with van der Waals surface area (Å²) in [5.74, 6) is -1.04. The van der Waals surface area contributed by atoms with Crippen LogP contribution in [0.4, 0.5) is 5.69 Å². The topological polar surface area (TPSA) is 102 Å². The van der Waals surface area contributed by atoms with Gasteiger partial charge in [-0.05, 0) is 50.5 Å². The maximum Gasteiger partial charge on any atom is 0.310 e. The molecule has 3 rings (SSSR count). The monoisotopic (exact) mass is 422 g/mol. The molecule has 2 atom stereocenters. The van der Waals surface area contributed by atoms with Crippen LogP contribution in [0.1, 0.15) is 26.2 Å². The van der Waals surface area contributed by atoms with E-state index < -0.39 is 22.0 Å². The van der Waals surface area contributed by atoms with Crippen molar-refractivity contribution in [3.05, 3.63) is 36.4 Å². The Balaban J connectivity index is 1.56. The zero-order chi connectivity index (χ0) is 20.9. The largest absolute Gasteiger partial charge is 0.452 e. The van der Waals surface area contributed by atoms with Crippen molar-refractivity contribution in [3.63, 3.8) is 0 Å². The Labute approximate surface area is 170 Å². The molecule has 1 aliphatic heterocycles. The molecule has 0 unspecified atom stereocenters. The van der Waals surface area contributed by atoms with Gasteiger partial charge >= 0.3 is 5.97 Å². The molecule has 1 aromatic carbocycles. The van der Waals surface area contributed by atoms with E-state index in [2.05, 4.69) is 5.32 Å². The van der Waals surface area contributed by atoms with Gasteiger partial charge in [-0.15, -0.1) is 0 Å². The Morgan fingerprint density at radius 2 is 1.86 bits per heavy atom. The lowest BCUT2D eigenvalue weighted by molar-refractivity contribution is -0.157. The van der Waals surface area contributed by atoms with Gasteiger partial charge in [-0.3, -0.25) is 9.59 Å². The van der Waals surface area contributed by atoms with Gasteiger partial charge in [0.05, 0.1) is 24.0 Å². The maximum atomic E-state index is 12.6. The van der Waals surface area contributed by atoms with Crippen LogP contribution >= 0.6 is 0 Å². The summed E-state index contributed by atoms with van der Waals surface area (Å²) >= 11 is 0. The van der Waals surface area contributed by atoms with E-state index in [1.54, 1.807) is 0 Å². The molecule has 9 heteroatoms. The first-order chi connectivity index (χ1) is 13.9. The molecule has 1 aliphatic carbocycles. The normalized spacial score (nSPS) is 21.3. The summed E-state index contributed by atoms with van der Waals surface area (Å²) in [6.07, 6.45) is 5.23. The first kappa shape index (κ1) is 21.5. The molecule has 1 N–H and O–H groups in total. The molecule has 1 fully saturated rings. The molecule has 0 bridgehead atoms. The number of esters is 1. The summed E-state index contributed by atoms with van der Waals surface area (Å²) in [6.45, 7) is 2.91. The predicted octanol–water partition coefficient (Wildman–Crippen LogP) is 1.93. The summed E-state index contributed by atoms with van der Waals surface area (Å²) in [7, 11) is -3.59. The number of sulfonamides is 1. The van der Waals surface area contributed by atoms with Crippen molar-refractivity contribution in [1.82, 2.24) is 4.31 Å². The van der Waals surface area contributed by atoms with Crippen LogP contribution in [0.15, 0.2) is 41.3 Å². The third-order valence-electron chi connectivity index (χ3n) is 4.99. The van der Waals surface area contributed by atoms with Crippen LogP contribution in [0, 0.1) is 5.92 Å². The highest BCUT2D eigenvalue weighted by Crippen LogP contribution is 2.21. The average Bonchev–Trinajstić information content (AvgIpc) is 2.75. The number of carbonyl (C=O) groups excluding carboxylic acids is 2. The van der Waals surface area contributed by atoms with Crippen molar-refractivity contribution < 1.29 is 27.5 Å². The number of amides is 1. The van der Waals surface area contributed by atoms with Crippen molar-refractivity contribution in [1.29, 1.82) is 0 Å². The summed E-state index contributed by atoms with van der Waals surface area (Å²) in [5, 5.41) is 2.65. The third-order valence-corrected chi connectivity index (χ3v) is 6.91. The van der Waals surface area contributed by atoms with E-state index in [1.807, 2.05) is 12.2 Å². The van der Waals surface area contributed by atoms with Gasteiger partial charge in [-0.25, -0.2) is 8.42 Å². The first-order valence-corrected chi connectivity index (χ1v) is 11.2. The minimum Gasteiger partial charge on any atom is -0.452 e. The number of hydrogen-bond donors (Lipinski definition) is 1. The summed E-state index contributed by atoms with van der Waals surface area (Å²) in [4.78, 5) is 24.6. The smallest absolute Gasteiger partial charge is 0.310 e. The van der Waals surface area contributed by atoms with Gasteiger partial charge in [0.25, 0.3) is 5.91 Å². The Bertz CT molecular complexity index is 859. The Morgan fingerprint density at radius 1 is 1.17 bits per heavy atom. The molecule has 2 aliphatic rings. The van der Waals surface area contributed by atoms with Gasteiger partial charge in [0.2, 0.25) is 10.0 Å². The Hall–Kier alpha value is -2.23. The van der Waals surface area contributed by atoms with E-state index in [1.165, 1.54) is 35.5 Å². The molecule has 1 saturated heterocycles. The number of anilines is 1. The molecule has 1 heterocycles.